The molecule has 2 N–H and O–H groups in total. The van der Waals surface area contributed by atoms with E-state index in [4.69, 9.17) is 4.74 Å². The first-order valence-electron chi connectivity index (χ1n) is 9.84. The van der Waals surface area contributed by atoms with Crippen LogP contribution in [0.1, 0.15) is 25.7 Å². The molecule has 3 rings (SSSR count). The van der Waals surface area contributed by atoms with Gasteiger partial charge in [0.05, 0.1) is 19.3 Å². The molecule has 7 nitrogen and oxygen atoms in total. The first-order valence-corrected chi connectivity index (χ1v) is 9.84. The van der Waals surface area contributed by atoms with E-state index in [1.54, 1.807) is 14.2 Å². The van der Waals surface area contributed by atoms with Gasteiger partial charge in [-0.1, -0.05) is 12.1 Å². The van der Waals surface area contributed by atoms with Crippen molar-refractivity contribution in [3.63, 3.8) is 0 Å². The fraction of sp³-hybridized carbons (Fsp3) is 0.600. The van der Waals surface area contributed by atoms with E-state index in [2.05, 4.69) is 26.6 Å². The van der Waals surface area contributed by atoms with E-state index in [-0.39, 0.29) is 11.9 Å². The molecular weight excluding hydrogens is 342 g/mol. The molecule has 1 unspecified atom stereocenters. The lowest BCUT2D eigenvalue weighted by Crippen LogP contribution is -2.49. The summed E-state index contributed by atoms with van der Waals surface area (Å²) in [6.45, 7) is 3.89. The summed E-state index contributed by atoms with van der Waals surface area (Å²) >= 11 is 0. The Balaban J connectivity index is 1.48. The number of likely N-dealkylation sites (tertiary alicyclic amines) is 1. The Kier molecular flexibility index (Phi) is 6.79. The van der Waals surface area contributed by atoms with Gasteiger partial charge in [0, 0.05) is 39.3 Å². The van der Waals surface area contributed by atoms with Crippen molar-refractivity contribution >= 4 is 17.6 Å². The summed E-state index contributed by atoms with van der Waals surface area (Å²) in [5.41, 5.74) is 1.12. The van der Waals surface area contributed by atoms with Gasteiger partial charge in [-0.15, -0.1) is 0 Å². The van der Waals surface area contributed by atoms with Crippen LogP contribution in [0.5, 0.6) is 5.75 Å². The number of carbonyl (C=O) groups is 1. The number of carbonyl (C=O) groups excluding carboxylic acids is 1. The Labute approximate surface area is 161 Å². The number of rotatable bonds is 5. The van der Waals surface area contributed by atoms with E-state index < -0.39 is 0 Å². The van der Waals surface area contributed by atoms with Gasteiger partial charge in [0.25, 0.3) is 0 Å². The lowest BCUT2D eigenvalue weighted by atomic mass is 10.1. The monoisotopic (exact) mass is 373 g/mol. The van der Waals surface area contributed by atoms with Crippen LogP contribution >= 0.6 is 0 Å². The largest absolute Gasteiger partial charge is 0.495 e. The van der Waals surface area contributed by atoms with Crippen LogP contribution in [0.2, 0.25) is 0 Å². The van der Waals surface area contributed by atoms with Gasteiger partial charge in [-0.3, -0.25) is 9.79 Å². The van der Waals surface area contributed by atoms with Crippen molar-refractivity contribution in [1.29, 1.82) is 0 Å². The zero-order valence-electron chi connectivity index (χ0n) is 16.4. The summed E-state index contributed by atoms with van der Waals surface area (Å²) < 4.78 is 5.48. The highest BCUT2D eigenvalue weighted by atomic mass is 16.5. The normalized spacial score (nSPS) is 20.5. The van der Waals surface area contributed by atoms with E-state index in [0.717, 1.165) is 56.9 Å². The predicted octanol–water partition coefficient (Wildman–Crippen LogP) is 1.45. The number of piperidine rings is 1. The number of para-hydroxylation sites is 2. The lowest BCUT2D eigenvalue weighted by Gasteiger charge is -2.27. The molecule has 1 aromatic rings. The number of nitrogens with zero attached hydrogens (tertiary/aromatic N) is 3. The molecule has 0 bridgehead atoms. The maximum absolute atomic E-state index is 12.3. The topological polar surface area (TPSA) is 69.2 Å². The smallest absolute Gasteiger partial charge is 0.241 e. The molecule has 2 fully saturated rings. The summed E-state index contributed by atoms with van der Waals surface area (Å²) in [6.07, 6.45) is 4.46. The van der Waals surface area contributed by atoms with Crippen molar-refractivity contribution < 1.29 is 9.53 Å². The number of benzene rings is 1. The predicted molar refractivity (Wildman–Crippen MR) is 109 cm³/mol. The molecule has 2 aliphatic rings. The first-order chi connectivity index (χ1) is 13.2. The van der Waals surface area contributed by atoms with Crippen molar-refractivity contribution in [2.24, 2.45) is 4.99 Å². The van der Waals surface area contributed by atoms with Gasteiger partial charge in [0.1, 0.15) is 5.75 Å². The molecule has 2 saturated heterocycles. The second kappa shape index (κ2) is 9.48. The average molecular weight is 374 g/mol. The highest BCUT2D eigenvalue weighted by molar-refractivity contribution is 5.86. The Bertz CT molecular complexity index is 658. The minimum atomic E-state index is 0.153. The number of amides is 1. The minimum Gasteiger partial charge on any atom is -0.495 e. The molecule has 148 valence electrons. The van der Waals surface area contributed by atoms with Crippen molar-refractivity contribution in [2.75, 3.05) is 51.8 Å². The number of hydrogen-bond donors (Lipinski definition) is 2. The van der Waals surface area contributed by atoms with Crippen molar-refractivity contribution in [3.05, 3.63) is 24.3 Å². The van der Waals surface area contributed by atoms with Gasteiger partial charge in [-0.2, -0.15) is 0 Å². The van der Waals surface area contributed by atoms with E-state index in [9.17, 15) is 4.79 Å². The summed E-state index contributed by atoms with van der Waals surface area (Å²) in [4.78, 5) is 20.9. The zero-order chi connectivity index (χ0) is 19.1. The fourth-order valence-electron chi connectivity index (χ4n) is 3.79. The van der Waals surface area contributed by atoms with Crippen molar-refractivity contribution in [2.45, 2.75) is 31.7 Å². The third-order valence-corrected chi connectivity index (χ3v) is 5.29. The van der Waals surface area contributed by atoms with Crippen LogP contribution < -0.4 is 20.3 Å². The molecule has 2 heterocycles. The third-order valence-electron chi connectivity index (χ3n) is 5.29. The zero-order valence-corrected chi connectivity index (χ0v) is 16.4. The van der Waals surface area contributed by atoms with E-state index in [0.29, 0.717) is 12.5 Å². The van der Waals surface area contributed by atoms with Crippen LogP contribution in [-0.2, 0) is 4.79 Å². The van der Waals surface area contributed by atoms with Crippen LogP contribution in [-0.4, -0.2) is 69.7 Å². The molecule has 0 aromatic heterocycles. The van der Waals surface area contributed by atoms with Gasteiger partial charge in [-0.25, -0.2) is 0 Å². The summed E-state index contributed by atoms with van der Waals surface area (Å²) in [6, 6.07) is 8.38. The van der Waals surface area contributed by atoms with Crippen LogP contribution in [0.4, 0.5) is 5.69 Å². The van der Waals surface area contributed by atoms with Crippen LogP contribution in [0.3, 0.4) is 0 Å². The van der Waals surface area contributed by atoms with Crippen LogP contribution in [0.15, 0.2) is 29.3 Å². The Morgan fingerprint density at radius 1 is 1.22 bits per heavy atom. The molecule has 2 aliphatic heterocycles. The number of hydrogen-bond acceptors (Lipinski definition) is 4. The molecule has 7 heteroatoms. The first kappa shape index (κ1) is 19.3. The maximum Gasteiger partial charge on any atom is 0.241 e. The van der Waals surface area contributed by atoms with Gasteiger partial charge >= 0.3 is 0 Å². The molecular formula is C20H31N5O2. The molecule has 0 radical (unpaired) electrons. The van der Waals surface area contributed by atoms with Crippen molar-refractivity contribution in [3.8, 4) is 5.75 Å². The van der Waals surface area contributed by atoms with E-state index in [1.165, 1.54) is 6.42 Å². The average Bonchev–Trinajstić information content (AvgIpc) is 3.19. The number of ether oxygens (including phenoxy) is 1. The molecule has 0 aliphatic carbocycles. The quantitative estimate of drug-likeness (QED) is 0.604. The number of guanidine groups is 1. The minimum absolute atomic E-state index is 0.153. The highest BCUT2D eigenvalue weighted by Gasteiger charge is 2.25. The van der Waals surface area contributed by atoms with Crippen LogP contribution in [0, 0.1) is 0 Å². The van der Waals surface area contributed by atoms with Gasteiger partial charge in [0.15, 0.2) is 5.96 Å². The SMILES string of the molecule is CN=C(NCC(=O)N1CCCCC1)NC1CCN(c2ccccc2OC)C1. The molecule has 27 heavy (non-hydrogen) atoms. The maximum atomic E-state index is 12.3. The summed E-state index contributed by atoms with van der Waals surface area (Å²) in [7, 11) is 3.45. The standard InChI is InChI=1S/C20H31N5O2/c1-21-20(22-14-19(26)24-11-6-3-7-12-24)23-16-10-13-25(15-16)17-8-4-5-9-18(17)27-2/h4-5,8-9,16H,3,6-7,10-15H2,1-2H3,(H2,21,22,23). The van der Waals surface area contributed by atoms with Crippen molar-refractivity contribution in [1.82, 2.24) is 15.5 Å². The number of methoxy groups -OCH3 is 1. The fourth-order valence-corrected chi connectivity index (χ4v) is 3.79. The number of nitrogens with one attached hydrogen (secondary N) is 2. The summed E-state index contributed by atoms with van der Waals surface area (Å²) in [5, 5.41) is 6.62. The second-order valence-corrected chi connectivity index (χ2v) is 7.12. The van der Waals surface area contributed by atoms with Gasteiger partial charge < -0.3 is 25.2 Å². The Morgan fingerprint density at radius 2 is 2.00 bits per heavy atom. The van der Waals surface area contributed by atoms with E-state index >= 15 is 0 Å². The second-order valence-electron chi connectivity index (χ2n) is 7.12. The Hall–Kier alpha value is -2.44. The van der Waals surface area contributed by atoms with Gasteiger partial charge in [-0.05, 0) is 37.8 Å². The number of anilines is 1. The molecule has 1 amide bonds. The highest BCUT2D eigenvalue weighted by Crippen LogP contribution is 2.30. The lowest BCUT2D eigenvalue weighted by molar-refractivity contribution is -0.130. The molecule has 0 spiro atoms. The van der Waals surface area contributed by atoms with Crippen LogP contribution in [0.25, 0.3) is 0 Å². The molecule has 1 aromatic carbocycles. The summed E-state index contributed by atoms with van der Waals surface area (Å²) in [5.74, 6) is 1.74. The van der Waals surface area contributed by atoms with Gasteiger partial charge in [0.2, 0.25) is 5.91 Å². The molecule has 1 atom stereocenters. The molecule has 0 saturated carbocycles. The Morgan fingerprint density at radius 3 is 2.74 bits per heavy atom. The van der Waals surface area contributed by atoms with E-state index in [1.807, 2.05) is 23.1 Å². The third kappa shape index (κ3) is 5.05. The number of aliphatic imine (C=N–C) groups is 1.